The second-order valence-corrected chi connectivity index (χ2v) is 4.57. The van der Waals surface area contributed by atoms with Gasteiger partial charge in [0.05, 0.1) is 10.5 Å². The predicted octanol–water partition coefficient (Wildman–Crippen LogP) is -0.146. The van der Waals surface area contributed by atoms with Crippen molar-refractivity contribution in [1.29, 1.82) is 5.26 Å². The lowest BCUT2D eigenvalue weighted by Gasteiger charge is -2.20. The normalized spacial score (nSPS) is 21.5. The summed E-state index contributed by atoms with van der Waals surface area (Å²) in [6.45, 7) is 0.185. The molecule has 3 N–H and O–H groups in total. The molecule has 2 heterocycles. The molecular weight excluding hydrogens is 266 g/mol. The Hall–Kier alpha value is -2.73. The van der Waals surface area contributed by atoms with E-state index in [-0.39, 0.29) is 36.6 Å². The van der Waals surface area contributed by atoms with Crippen molar-refractivity contribution in [1.82, 2.24) is 4.98 Å². The Morgan fingerprint density at radius 3 is 2.90 bits per heavy atom. The van der Waals surface area contributed by atoms with Crippen LogP contribution >= 0.6 is 0 Å². The number of nitro groups is 1. The smallest absolute Gasteiger partial charge is 0.325 e. The highest BCUT2D eigenvalue weighted by atomic mass is 16.6. The summed E-state index contributed by atoms with van der Waals surface area (Å²) >= 11 is 0. The number of rotatable bonds is 3. The van der Waals surface area contributed by atoms with Crippen LogP contribution in [0.2, 0.25) is 0 Å². The fraction of sp³-hybridized carbons (Fsp3) is 0.364. The van der Waals surface area contributed by atoms with Gasteiger partial charge in [-0.05, 0) is 6.42 Å². The summed E-state index contributed by atoms with van der Waals surface area (Å²) in [5.41, 5.74) is 4.01. The number of carboxylic acid groups (broad SMARTS) is 1. The van der Waals surface area contributed by atoms with Crippen molar-refractivity contribution < 1.29 is 14.8 Å². The van der Waals surface area contributed by atoms with Gasteiger partial charge in [-0.1, -0.05) is 0 Å². The summed E-state index contributed by atoms with van der Waals surface area (Å²) in [6.07, 6.45) is 1.38. The van der Waals surface area contributed by atoms with E-state index in [9.17, 15) is 14.9 Å². The predicted molar refractivity (Wildman–Crippen MR) is 67.0 cm³/mol. The van der Waals surface area contributed by atoms with Gasteiger partial charge in [0.25, 0.3) is 0 Å². The highest BCUT2D eigenvalue weighted by molar-refractivity contribution is 5.81. The van der Waals surface area contributed by atoms with Gasteiger partial charge >= 0.3 is 11.7 Å². The van der Waals surface area contributed by atoms with Crippen LogP contribution in [0.1, 0.15) is 12.0 Å². The molecule has 0 amide bonds. The molecule has 20 heavy (non-hydrogen) atoms. The zero-order valence-corrected chi connectivity index (χ0v) is 10.3. The number of carbonyl (C=O) groups is 1. The van der Waals surface area contributed by atoms with Gasteiger partial charge in [0, 0.05) is 25.4 Å². The molecule has 1 saturated heterocycles. The van der Waals surface area contributed by atoms with Crippen LogP contribution in [0.4, 0.5) is 11.5 Å². The van der Waals surface area contributed by atoms with Gasteiger partial charge < -0.3 is 15.7 Å². The minimum Gasteiger partial charge on any atom is -0.480 e. The van der Waals surface area contributed by atoms with Gasteiger partial charge in [0.2, 0.25) is 5.82 Å². The summed E-state index contributed by atoms with van der Waals surface area (Å²) in [7, 11) is 0. The van der Waals surface area contributed by atoms with Crippen LogP contribution < -0.4 is 10.6 Å². The van der Waals surface area contributed by atoms with Crippen LogP contribution in [0.5, 0.6) is 0 Å². The van der Waals surface area contributed by atoms with Crippen molar-refractivity contribution in [2.75, 3.05) is 18.0 Å². The molecule has 0 spiro atoms. The first-order valence-corrected chi connectivity index (χ1v) is 5.69. The number of carboxylic acids is 1. The van der Waals surface area contributed by atoms with Gasteiger partial charge in [-0.2, -0.15) is 5.26 Å². The summed E-state index contributed by atoms with van der Waals surface area (Å²) in [6, 6.07) is 2.88. The van der Waals surface area contributed by atoms with E-state index in [0.29, 0.717) is 0 Å². The Bertz CT molecular complexity index is 626. The van der Waals surface area contributed by atoms with E-state index >= 15 is 0 Å². The minimum atomic E-state index is -1.44. The van der Waals surface area contributed by atoms with Gasteiger partial charge in [-0.15, -0.1) is 0 Å². The fourth-order valence-corrected chi connectivity index (χ4v) is 2.07. The van der Waals surface area contributed by atoms with Crippen LogP contribution in [0.3, 0.4) is 0 Å². The largest absolute Gasteiger partial charge is 0.480 e. The van der Waals surface area contributed by atoms with Crippen molar-refractivity contribution in [3.8, 4) is 6.07 Å². The molecule has 1 aliphatic heterocycles. The number of nitrogens with zero attached hydrogens (tertiary/aromatic N) is 4. The molecule has 1 aromatic heterocycles. The van der Waals surface area contributed by atoms with Gasteiger partial charge in [0.15, 0.2) is 0 Å². The lowest BCUT2D eigenvalue weighted by molar-refractivity contribution is -0.384. The summed E-state index contributed by atoms with van der Waals surface area (Å²) in [4.78, 5) is 26.8. The van der Waals surface area contributed by atoms with Crippen LogP contribution in [-0.4, -0.2) is 39.6 Å². The molecule has 0 aliphatic carbocycles. The summed E-state index contributed by atoms with van der Waals surface area (Å²) < 4.78 is 0. The third kappa shape index (κ3) is 2.24. The topological polar surface area (TPSA) is 146 Å². The van der Waals surface area contributed by atoms with E-state index in [1.807, 2.05) is 0 Å². The molecule has 1 aliphatic rings. The fourth-order valence-electron chi connectivity index (χ4n) is 2.07. The number of nitrogens with two attached hydrogens (primary N) is 1. The maximum absolute atomic E-state index is 11.1. The molecule has 2 rings (SSSR count). The average Bonchev–Trinajstić information content (AvgIpc) is 2.82. The van der Waals surface area contributed by atoms with Crippen molar-refractivity contribution in [3.63, 3.8) is 0 Å². The molecule has 1 atom stereocenters. The maximum Gasteiger partial charge on any atom is 0.325 e. The molecule has 1 aromatic rings. The van der Waals surface area contributed by atoms with E-state index in [4.69, 9.17) is 16.1 Å². The summed E-state index contributed by atoms with van der Waals surface area (Å²) in [5, 5.41) is 28.8. The van der Waals surface area contributed by atoms with Crippen LogP contribution in [0, 0.1) is 21.4 Å². The first-order valence-electron chi connectivity index (χ1n) is 5.69. The minimum absolute atomic E-state index is 0.0302. The lowest BCUT2D eigenvalue weighted by atomic mass is 10.0. The van der Waals surface area contributed by atoms with Crippen LogP contribution in [0.25, 0.3) is 0 Å². The second kappa shape index (κ2) is 4.75. The highest BCUT2D eigenvalue weighted by Gasteiger charge is 2.43. The Kier molecular flexibility index (Phi) is 3.25. The number of aliphatic carboxylic acids is 1. The molecule has 104 valence electrons. The molecule has 0 aromatic carbocycles. The third-order valence-electron chi connectivity index (χ3n) is 3.20. The Morgan fingerprint density at radius 1 is 1.70 bits per heavy atom. The molecular formula is C11H11N5O4. The molecule has 0 radical (unpaired) electrons. The van der Waals surface area contributed by atoms with E-state index in [0.717, 1.165) is 6.07 Å². The standard InChI is InChI=1S/C11H11N5O4/c12-4-7-3-8(16(19)20)9(14-5-7)15-2-1-11(13,6-15)10(17)18/h3,5H,1-2,6,13H2,(H,17,18). The third-order valence-corrected chi connectivity index (χ3v) is 3.20. The van der Waals surface area contributed by atoms with Crippen molar-refractivity contribution in [2.45, 2.75) is 12.0 Å². The first-order chi connectivity index (χ1) is 9.37. The zero-order valence-electron chi connectivity index (χ0n) is 10.3. The van der Waals surface area contributed by atoms with Crippen molar-refractivity contribution >= 4 is 17.5 Å². The zero-order chi connectivity index (χ0) is 14.9. The number of nitriles is 1. The Labute approximate surface area is 113 Å². The van der Waals surface area contributed by atoms with E-state index in [1.165, 1.54) is 11.1 Å². The number of hydrogen-bond donors (Lipinski definition) is 2. The summed E-state index contributed by atoms with van der Waals surface area (Å²) in [5.74, 6) is -1.13. The van der Waals surface area contributed by atoms with Gasteiger partial charge in [-0.3, -0.25) is 14.9 Å². The maximum atomic E-state index is 11.1. The van der Waals surface area contributed by atoms with Gasteiger partial charge in [-0.25, -0.2) is 4.98 Å². The average molecular weight is 277 g/mol. The van der Waals surface area contributed by atoms with E-state index < -0.39 is 16.4 Å². The van der Waals surface area contributed by atoms with E-state index in [1.54, 1.807) is 6.07 Å². The van der Waals surface area contributed by atoms with Crippen LogP contribution in [-0.2, 0) is 4.79 Å². The monoisotopic (exact) mass is 277 g/mol. The quantitative estimate of drug-likeness (QED) is 0.572. The molecule has 1 fully saturated rings. The Balaban J connectivity index is 2.38. The molecule has 0 saturated carbocycles. The Morgan fingerprint density at radius 2 is 2.40 bits per heavy atom. The lowest BCUT2D eigenvalue weighted by Crippen LogP contribution is -2.50. The number of anilines is 1. The van der Waals surface area contributed by atoms with Crippen LogP contribution in [0.15, 0.2) is 12.3 Å². The first kappa shape index (κ1) is 13.7. The van der Waals surface area contributed by atoms with Crippen molar-refractivity contribution in [2.24, 2.45) is 5.73 Å². The molecule has 1 unspecified atom stereocenters. The molecule has 9 heteroatoms. The highest BCUT2D eigenvalue weighted by Crippen LogP contribution is 2.31. The number of aromatic nitrogens is 1. The van der Waals surface area contributed by atoms with Gasteiger partial charge in [0.1, 0.15) is 11.6 Å². The molecule has 0 bridgehead atoms. The number of hydrogen-bond acceptors (Lipinski definition) is 7. The van der Waals surface area contributed by atoms with E-state index in [2.05, 4.69) is 4.98 Å². The SMILES string of the molecule is N#Cc1cnc(N2CCC(N)(C(=O)O)C2)c([N+](=O)[O-])c1. The second-order valence-electron chi connectivity index (χ2n) is 4.57. The van der Waals surface area contributed by atoms with Crippen molar-refractivity contribution in [3.05, 3.63) is 27.9 Å². The molecule has 9 nitrogen and oxygen atoms in total. The number of pyridine rings is 1.